The van der Waals surface area contributed by atoms with Crippen molar-refractivity contribution in [2.75, 3.05) is 19.8 Å². The van der Waals surface area contributed by atoms with Gasteiger partial charge in [0.15, 0.2) is 0 Å². The first-order valence-electron chi connectivity index (χ1n) is 7.91. The van der Waals surface area contributed by atoms with E-state index >= 15 is 0 Å². The molecule has 0 saturated carbocycles. The minimum atomic E-state index is -0.149. The van der Waals surface area contributed by atoms with E-state index in [1.165, 1.54) is 12.8 Å². The Bertz CT molecular complexity index is 272. The number of hydrogen-bond acceptors (Lipinski definition) is 3. The molecule has 0 aliphatic rings. The molecule has 0 spiro atoms. The number of ether oxygens (including phenoxy) is 2. The first-order chi connectivity index (χ1) is 9.25. The van der Waals surface area contributed by atoms with E-state index in [1.54, 1.807) is 0 Å². The minimum Gasteiger partial charge on any atom is -0.498 e. The molecule has 0 heterocycles. The molecule has 120 valence electrons. The van der Waals surface area contributed by atoms with Gasteiger partial charge in [0.05, 0.1) is 24.6 Å². The van der Waals surface area contributed by atoms with Gasteiger partial charge in [-0.05, 0) is 39.7 Å². The predicted octanol–water partition coefficient (Wildman–Crippen LogP) is 4.27. The van der Waals surface area contributed by atoms with Crippen molar-refractivity contribution in [1.29, 1.82) is 0 Å². The lowest BCUT2D eigenvalue weighted by Crippen LogP contribution is -2.31. The molecule has 0 amide bonds. The average Bonchev–Trinajstić information content (AvgIpc) is 2.40. The van der Waals surface area contributed by atoms with Gasteiger partial charge in [-0.3, -0.25) is 0 Å². The molecule has 0 atom stereocenters. The first-order valence-corrected chi connectivity index (χ1v) is 7.91. The van der Waals surface area contributed by atoms with Crippen molar-refractivity contribution >= 4 is 0 Å². The Morgan fingerprint density at radius 3 is 2.20 bits per heavy atom. The molecule has 0 unspecified atom stereocenters. The molecular weight excluding hydrogens is 250 g/mol. The SMILES string of the molecule is C=C(OCCCCCCN)C(C)(C)COC(C)(C)CC. The molecular formula is C17H35NO2. The highest BCUT2D eigenvalue weighted by atomic mass is 16.5. The summed E-state index contributed by atoms with van der Waals surface area (Å²) in [6.45, 7) is 16.8. The van der Waals surface area contributed by atoms with Crippen molar-refractivity contribution in [3.8, 4) is 0 Å². The standard InChI is InChI=1S/C17H35NO2/c1-7-17(5,6)20-14-16(3,4)15(2)19-13-11-9-8-10-12-18/h2,7-14,18H2,1,3-6H3. The highest BCUT2D eigenvalue weighted by Gasteiger charge is 2.27. The lowest BCUT2D eigenvalue weighted by atomic mass is 9.92. The third kappa shape index (κ3) is 8.60. The molecule has 0 saturated heterocycles. The van der Waals surface area contributed by atoms with Crippen molar-refractivity contribution in [3.63, 3.8) is 0 Å². The van der Waals surface area contributed by atoms with Gasteiger partial charge in [0.1, 0.15) is 0 Å². The number of hydrogen-bond donors (Lipinski definition) is 1. The minimum absolute atomic E-state index is 0.0836. The highest BCUT2D eigenvalue weighted by Crippen LogP contribution is 2.29. The van der Waals surface area contributed by atoms with Crippen molar-refractivity contribution in [2.45, 2.75) is 72.3 Å². The van der Waals surface area contributed by atoms with Gasteiger partial charge in [-0.15, -0.1) is 0 Å². The van der Waals surface area contributed by atoms with Crippen LogP contribution < -0.4 is 5.73 Å². The number of rotatable bonds is 12. The fraction of sp³-hybridized carbons (Fsp3) is 0.882. The van der Waals surface area contributed by atoms with E-state index in [1.807, 2.05) is 0 Å². The van der Waals surface area contributed by atoms with Gasteiger partial charge in [0.25, 0.3) is 0 Å². The Morgan fingerprint density at radius 1 is 1.05 bits per heavy atom. The van der Waals surface area contributed by atoms with Crippen LogP contribution in [0.3, 0.4) is 0 Å². The Morgan fingerprint density at radius 2 is 1.65 bits per heavy atom. The van der Waals surface area contributed by atoms with Gasteiger partial charge in [0.2, 0.25) is 0 Å². The summed E-state index contributed by atoms with van der Waals surface area (Å²) in [5, 5.41) is 0. The molecule has 3 nitrogen and oxygen atoms in total. The molecule has 0 aliphatic carbocycles. The lowest BCUT2D eigenvalue weighted by Gasteiger charge is -2.32. The van der Waals surface area contributed by atoms with Crippen molar-refractivity contribution in [2.24, 2.45) is 11.1 Å². The summed E-state index contributed by atoms with van der Waals surface area (Å²) in [6, 6.07) is 0. The molecule has 20 heavy (non-hydrogen) atoms. The second-order valence-electron chi connectivity index (χ2n) is 6.76. The maximum Gasteiger partial charge on any atom is 0.0967 e. The molecule has 0 aliphatic heterocycles. The number of nitrogens with two attached hydrogens (primary N) is 1. The Labute approximate surface area is 125 Å². The topological polar surface area (TPSA) is 44.5 Å². The quantitative estimate of drug-likeness (QED) is 0.430. The van der Waals surface area contributed by atoms with Crippen molar-refractivity contribution in [3.05, 3.63) is 12.3 Å². The molecule has 0 aromatic rings. The zero-order valence-electron chi connectivity index (χ0n) is 14.3. The van der Waals surface area contributed by atoms with Crippen LogP contribution in [0.4, 0.5) is 0 Å². The molecule has 2 N–H and O–H groups in total. The Kier molecular flexibility index (Phi) is 9.15. The monoisotopic (exact) mass is 285 g/mol. The molecule has 0 bridgehead atoms. The molecule has 0 radical (unpaired) electrons. The van der Waals surface area contributed by atoms with Crippen molar-refractivity contribution in [1.82, 2.24) is 0 Å². The van der Waals surface area contributed by atoms with E-state index in [9.17, 15) is 0 Å². The van der Waals surface area contributed by atoms with Crippen LogP contribution in [0.5, 0.6) is 0 Å². The van der Waals surface area contributed by atoms with Gasteiger partial charge in [-0.2, -0.15) is 0 Å². The van der Waals surface area contributed by atoms with Crippen LogP contribution in [0.1, 0.15) is 66.7 Å². The first kappa shape index (κ1) is 19.5. The maximum atomic E-state index is 5.97. The third-order valence-electron chi connectivity index (χ3n) is 3.80. The predicted molar refractivity (Wildman–Crippen MR) is 86.7 cm³/mol. The average molecular weight is 285 g/mol. The van der Waals surface area contributed by atoms with Gasteiger partial charge in [-0.25, -0.2) is 0 Å². The van der Waals surface area contributed by atoms with Crippen LogP contribution in [0.2, 0.25) is 0 Å². The zero-order chi connectivity index (χ0) is 15.6. The Balaban J connectivity index is 3.93. The largest absolute Gasteiger partial charge is 0.498 e. The summed E-state index contributed by atoms with van der Waals surface area (Å²) < 4.78 is 11.7. The number of unbranched alkanes of at least 4 members (excludes halogenated alkanes) is 3. The zero-order valence-corrected chi connectivity index (χ0v) is 14.3. The van der Waals surface area contributed by atoms with E-state index in [2.05, 4.69) is 41.2 Å². The summed E-state index contributed by atoms with van der Waals surface area (Å²) in [5.41, 5.74) is 5.24. The maximum absolute atomic E-state index is 5.97. The third-order valence-corrected chi connectivity index (χ3v) is 3.80. The van der Waals surface area contributed by atoms with Crippen LogP contribution in [0, 0.1) is 5.41 Å². The molecule has 0 aromatic heterocycles. The van der Waals surface area contributed by atoms with Gasteiger partial charge < -0.3 is 15.2 Å². The van der Waals surface area contributed by atoms with Crippen LogP contribution in [0.25, 0.3) is 0 Å². The van der Waals surface area contributed by atoms with Gasteiger partial charge >= 0.3 is 0 Å². The summed E-state index contributed by atoms with van der Waals surface area (Å²) in [7, 11) is 0. The Hall–Kier alpha value is -0.540. The molecule has 0 fully saturated rings. The fourth-order valence-corrected chi connectivity index (χ4v) is 1.55. The fourth-order valence-electron chi connectivity index (χ4n) is 1.55. The van der Waals surface area contributed by atoms with Crippen LogP contribution in [-0.4, -0.2) is 25.4 Å². The summed E-state index contributed by atoms with van der Waals surface area (Å²) >= 11 is 0. The molecule has 0 rings (SSSR count). The van der Waals surface area contributed by atoms with Crippen LogP contribution in [0.15, 0.2) is 12.3 Å². The molecule has 0 aromatic carbocycles. The van der Waals surface area contributed by atoms with Crippen molar-refractivity contribution < 1.29 is 9.47 Å². The van der Waals surface area contributed by atoms with E-state index in [0.717, 1.165) is 38.2 Å². The highest BCUT2D eigenvalue weighted by molar-refractivity contribution is 4.99. The summed E-state index contributed by atoms with van der Waals surface area (Å²) in [4.78, 5) is 0. The summed E-state index contributed by atoms with van der Waals surface area (Å²) in [5.74, 6) is 0.822. The van der Waals surface area contributed by atoms with Gasteiger partial charge in [0, 0.05) is 5.41 Å². The van der Waals surface area contributed by atoms with E-state index in [-0.39, 0.29) is 11.0 Å². The summed E-state index contributed by atoms with van der Waals surface area (Å²) in [6.07, 6.45) is 5.52. The lowest BCUT2D eigenvalue weighted by molar-refractivity contribution is -0.0594. The normalized spacial score (nSPS) is 12.5. The van der Waals surface area contributed by atoms with Crippen LogP contribution in [-0.2, 0) is 9.47 Å². The second kappa shape index (κ2) is 9.41. The second-order valence-corrected chi connectivity index (χ2v) is 6.76. The van der Waals surface area contributed by atoms with E-state index in [0.29, 0.717) is 6.61 Å². The van der Waals surface area contributed by atoms with Gasteiger partial charge in [-0.1, -0.05) is 40.2 Å². The van der Waals surface area contributed by atoms with Crippen LogP contribution >= 0.6 is 0 Å². The smallest absolute Gasteiger partial charge is 0.0967 e. The van der Waals surface area contributed by atoms with E-state index in [4.69, 9.17) is 15.2 Å². The van der Waals surface area contributed by atoms with E-state index < -0.39 is 0 Å². The molecule has 3 heteroatoms.